The highest BCUT2D eigenvalue weighted by Crippen LogP contribution is 2.36. The molecule has 0 fully saturated rings. The van der Waals surface area contributed by atoms with Gasteiger partial charge >= 0.3 is 7.82 Å². The van der Waals surface area contributed by atoms with Gasteiger partial charge in [-0.2, -0.15) is 0 Å². The highest BCUT2D eigenvalue weighted by Gasteiger charge is 2.25. The van der Waals surface area contributed by atoms with Gasteiger partial charge in [-0.1, -0.05) is 23.4 Å². The van der Waals surface area contributed by atoms with Crippen LogP contribution in [0.2, 0.25) is 0 Å². The van der Waals surface area contributed by atoms with Crippen LogP contribution in [0, 0.1) is 11.6 Å². The summed E-state index contributed by atoms with van der Waals surface area (Å²) in [6.45, 7) is -0.438. The Kier molecular flexibility index (Phi) is 6.87. The molecular weight excluding hydrogens is 473 g/mol. The van der Waals surface area contributed by atoms with Crippen LogP contribution in [0.3, 0.4) is 0 Å². The zero-order chi connectivity index (χ0) is 24.3. The number of halogens is 2. The van der Waals surface area contributed by atoms with Crippen LogP contribution in [0.15, 0.2) is 65.5 Å². The standard InChI is InChI=1S/C21H19F2N4O6P/c22-16-5-1-2-6-18(16)32-21-17(23)9-13(11-25-21)8-14-10-19(33-26-14)15-4-3-7-27(20(15)24)12-31-34(28,29)30/h1-7,9-11,20H,8,12,24H2,(H2,28,29,30). The van der Waals surface area contributed by atoms with Gasteiger partial charge in [0.1, 0.15) is 12.9 Å². The van der Waals surface area contributed by atoms with Gasteiger partial charge in [0.15, 0.2) is 23.1 Å². The molecule has 10 nitrogen and oxygen atoms in total. The summed E-state index contributed by atoms with van der Waals surface area (Å²) in [6, 6.07) is 8.40. The van der Waals surface area contributed by atoms with E-state index in [4.69, 9.17) is 24.8 Å². The third-order valence-electron chi connectivity index (χ3n) is 4.74. The zero-order valence-electron chi connectivity index (χ0n) is 17.4. The fraction of sp³-hybridized carbons (Fsp3) is 0.143. The third-order valence-corrected chi connectivity index (χ3v) is 5.19. The predicted octanol–water partition coefficient (Wildman–Crippen LogP) is 3.30. The van der Waals surface area contributed by atoms with Gasteiger partial charge in [0, 0.05) is 30.5 Å². The summed E-state index contributed by atoms with van der Waals surface area (Å²) in [6.07, 6.45) is 5.53. The van der Waals surface area contributed by atoms with Crippen molar-refractivity contribution in [2.45, 2.75) is 12.6 Å². The number of allylic oxidation sites excluding steroid dienone is 2. The molecule has 1 aliphatic heterocycles. The maximum atomic E-state index is 14.5. The van der Waals surface area contributed by atoms with Gasteiger partial charge in [-0.25, -0.2) is 18.3 Å². The van der Waals surface area contributed by atoms with Gasteiger partial charge in [-0.3, -0.25) is 4.52 Å². The summed E-state index contributed by atoms with van der Waals surface area (Å²) >= 11 is 0. The summed E-state index contributed by atoms with van der Waals surface area (Å²) < 4.78 is 54.2. The number of nitrogens with two attached hydrogens (primary N) is 1. The molecule has 0 radical (unpaired) electrons. The minimum Gasteiger partial charge on any atom is -0.433 e. The Morgan fingerprint density at radius 2 is 2.00 bits per heavy atom. The third kappa shape index (κ3) is 5.74. The van der Waals surface area contributed by atoms with Crippen LogP contribution in [0.1, 0.15) is 17.0 Å². The summed E-state index contributed by atoms with van der Waals surface area (Å²) in [4.78, 5) is 23.1. The lowest BCUT2D eigenvalue weighted by atomic mass is 10.1. The van der Waals surface area contributed by atoms with Crippen molar-refractivity contribution in [3.63, 3.8) is 0 Å². The number of nitrogens with zero attached hydrogens (tertiary/aromatic N) is 3. The molecule has 1 aromatic carbocycles. The van der Waals surface area contributed by atoms with Gasteiger partial charge < -0.3 is 29.7 Å². The molecule has 0 saturated carbocycles. The van der Waals surface area contributed by atoms with E-state index in [1.807, 2.05) is 0 Å². The van der Waals surface area contributed by atoms with Gasteiger partial charge in [-0.15, -0.1) is 0 Å². The van der Waals surface area contributed by atoms with Crippen LogP contribution < -0.4 is 10.5 Å². The van der Waals surface area contributed by atoms with Crippen molar-refractivity contribution < 1.29 is 36.9 Å². The Morgan fingerprint density at radius 3 is 2.74 bits per heavy atom. The lowest BCUT2D eigenvalue weighted by Gasteiger charge is -2.30. The van der Waals surface area contributed by atoms with Crippen LogP contribution in [0.4, 0.5) is 8.78 Å². The number of phosphoric acid groups is 1. The second-order valence-electron chi connectivity index (χ2n) is 7.19. The fourth-order valence-corrected chi connectivity index (χ4v) is 3.41. The minimum absolute atomic E-state index is 0.144. The monoisotopic (exact) mass is 492 g/mol. The zero-order valence-corrected chi connectivity index (χ0v) is 18.3. The van der Waals surface area contributed by atoms with Crippen molar-refractivity contribution >= 4 is 13.4 Å². The maximum absolute atomic E-state index is 14.5. The molecule has 2 aromatic heterocycles. The van der Waals surface area contributed by atoms with E-state index in [2.05, 4.69) is 14.7 Å². The quantitative estimate of drug-likeness (QED) is 0.401. The van der Waals surface area contributed by atoms with E-state index in [0.29, 0.717) is 22.6 Å². The molecule has 13 heteroatoms. The Bertz CT molecular complexity index is 1290. The molecule has 0 bridgehead atoms. The van der Waals surface area contributed by atoms with E-state index in [9.17, 15) is 13.3 Å². The first kappa shape index (κ1) is 23.7. The Balaban J connectivity index is 1.43. The summed E-state index contributed by atoms with van der Waals surface area (Å²) in [5, 5.41) is 3.96. The number of rotatable bonds is 8. The lowest BCUT2D eigenvalue weighted by molar-refractivity contribution is 0.110. The molecular formula is C21H19F2N4O6P. The molecule has 3 heterocycles. The number of ether oxygens (including phenoxy) is 1. The average Bonchev–Trinajstić information content (AvgIpc) is 3.24. The molecule has 0 amide bonds. The molecule has 178 valence electrons. The minimum atomic E-state index is -4.67. The largest absolute Gasteiger partial charge is 0.471 e. The molecule has 1 atom stereocenters. The Labute approximate surface area is 192 Å². The highest BCUT2D eigenvalue weighted by molar-refractivity contribution is 7.46. The first-order valence-electron chi connectivity index (χ1n) is 9.82. The van der Waals surface area contributed by atoms with Crippen LogP contribution in [0.5, 0.6) is 11.6 Å². The maximum Gasteiger partial charge on any atom is 0.471 e. The van der Waals surface area contributed by atoms with Crippen molar-refractivity contribution in [3.05, 3.63) is 89.6 Å². The summed E-state index contributed by atoms with van der Waals surface area (Å²) in [5.74, 6) is -1.60. The van der Waals surface area contributed by atoms with Crippen molar-refractivity contribution in [3.8, 4) is 11.6 Å². The number of phosphoric ester groups is 1. The normalized spacial score (nSPS) is 16.0. The van der Waals surface area contributed by atoms with Crippen molar-refractivity contribution in [1.82, 2.24) is 15.0 Å². The SMILES string of the molecule is NC1C(c2cc(Cc3cnc(Oc4ccccc4F)c(F)c3)no2)=CC=CN1COP(=O)(O)O. The van der Waals surface area contributed by atoms with Crippen LogP contribution in [0.25, 0.3) is 5.57 Å². The topological polar surface area (TPSA) is 144 Å². The summed E-state index contributed by atoms with van der Waals surface area (Å²) in [7, 11) is -4.67. The van der Waals surface area contributed by atoms with Gasteiger partial charge in [-0.05, 0) is 29.8 Å². The van der Waals surface area contributed by atoms with Crippen molar-refractivity contribution in [2.24, 2.45) is 5.73 Å². The van der Waals surface area contributed by atoms with Gasteiger partial charge in [0.05, 0.1) is 5.69 Å². The lowest BCUT2D eigenvalue weighted by Crippen LogP contribution is -2.41. The first-order chi connectivity index (χ1) is 16.2. The second-order valence-corrected chi connectivity index (χ2v) is 8.43. The van der Waals surface area contributed by atoms with E-state index in [1.165, 1.54) is 41.6 Å². The summed E-state index contributed by atoms with van der Waals surface area (Å²) in [5.41, 5.74) is 7.56. The van der Waals surface area contributed by atoms with Crippen molar-refractivity contribution in [1.29, 1.82) is 0 Å². The number of hydrogen-bond donors (Lipinski definition) is 3. The molecule has 1 aliphatic rings. The smallest absolute Gasteiger partial charge is 0.433 e. The van der Waals surface area contributed by atoms with E-state index in [0.717, 1.165) is 0 Å². The Hall–Kier alpha value is -3.41. The Morgan fingerprint density at radius 1 is 1.21 bits per heavy atom. The van der Waals surface area contributed by atoms with E-state index in [-0.39, 0.29) is 18.1 Å². The molecule has 4 rings (SSSR count). The van der Waals surface area contributed by atoms with Crippen LogP contribution >= 0.6 is 7.82 Å². The van der Waals surface area contributed by atoms with Crippen LogP contribution in [-0.2, 0) is 15.5 Å². The van der Waals surface area contributed by atoms with Crippen LogP contribution in [-0.4, -0.2) is 37.7 Å². The molecule has 0 aliphatic carbocycles. The molecule has 1 unspecified atom stereocenters. The number of hydrogen-bond acceptors (Lipinski definition) is 8. The van der Waals surface area contributed by atoms with E-state index < -0.39 is 32.4 Å². The highest BCUT2D eigenvalue weighted by atomic mass is 31.2. The van der Waals surface area contributed by atoms with E-state index in [1.54, 1.807) is 24.3 Å². The average molecular weight is 492 g/mol. The number of para-hydroxylation sites is 1. The molecule has 4 N–H and O–H groups in total. The first-order valence-corrected chi connectivity index (χ1v) is 11.4. The number of pyridine rings is 1. The molecule has 0 saturated heterocycles. The van der Waals surface area contributed by atoms with E-state index >= 15 is 0 Å². The molecule has 3 aromatic rings. The van der Waals surface area contributed by atoms with Gasteiger partial charge in [0.2, 0.25) is 0 Å². The van der Waals surface area contributed by atoms with Crippen molar-refractivity contribution in [2.75, 3.05) is 6.73 Å². The van der Waals surface area contributed by atoms with Gasteiger partial charge in [0.25, 0.3) is 5.88 Å². The second kappa shape index (κ2) is 9.84. The fourth-order valence-electron chi connectivity index (χ4n) is 3.13. The number of aromatic nitrogens is 2. The molecule has 34 heavy (non-hydrogen) atoms. The number of benzene rings is 1. The molecule has 0 spiro atoms. The predicted molar refractivity (Wildman–Crippen MR) is 115 cm³/mol.